The van der Waals surface area contributed by atoms with Gasteiger partial charge in [-0.1, -0.05) is 12.1 Å². The number of urea groups is 2. The second-order valence-electron chi connectivity index (χ2n) is 3.34. The lowest BCUT2D eigenvalue weighted by atomic mass is 10.3. The summed E-state index contributed by atoms with van der Waals surface area (Å²) in [6.07, 6.45) is 0. The number of carbonyl (C=O) groups excluding carboxylic acids is 2. The number of nitrogens with one attached hydrogen (secondary N) is 3. The molecule has 1 rings (SSSR count). The van der Waals surface area contributed by atoms with Gasteiger partial charge in [0.05, 0.1) is 12.2 Å². The number of anilines is 1. The van der Waals surface area contributed by atoms with Gasteiger partial charge in [-0.25, -0.2) is 9.59 Å². The average molecular weight is 252 g/mol. The Balaban J connectivity index is 2.53. The van der Waals surface area contributed by atoms with E-state index in [-0.39, 0.29) is 12.6 Å². The molecule has 1 aromatic carbocycles. The summed E-state index contributed by atoms with van der Waals surface area (Å²) < 4.78 is 5.42. The van der Waals surface area contributed by atoms with Crippen molar-refractivity contribution < 1.29 is 14.3 Å². The molecule has 7 nitrogen and oxygen atoms in total. The maximum Gasteiger partial charge on any atom is 0.319 e. The summed E-state index contributed by atoms with van der Waals surface area (Å²) in [5.41, 5.74) is 5.47. The number of rotatable bonds is 5. The largest absolute Gasteiger partial charge is 0.490 e. The third kappa shape index (κ3) is 4.60. The lowest BCUT2D eigenvalue weighted by Gasteiger charge is -2.12. The third-order valence-corrected chi connectivity index (χ3v) is 2.02. The molecule has 0 aliphatic rings. The van der Waals surface area contributed by atoms with Gasteiger partial charge in [-0.05, 0) is 12.1 Å². The van der Waals surface area contributed by atoms with Gasteiger partial charge in [-0.15, -0.1) is 0 Å². The Labute approximate surface area is 105 Å². The van der Waals surface area contributed by atoms with Crippen molar-refractivity contribution in [2.75, 3.05) is 25.5 Å². The molecule has 98 valence electrons. The molecule has 0 aliphatic heterocycles. The molecule has 5 N–H and O–H groups in total. The van der Waals surface area contributed by atoms with E-state index < -0.39 is 6.03 Å². The highest BCUT2D eigenvalue weighted by Gasteiger charge is 2.05. The molecule has 0 radical (unpaired) electrons. The van der Waals surface area contributed by atoms with Gasteiger partial charge in [-0.3, -0.25) is 0 Å². The van der Waals surface area contributed by atoms with Crippen LogP contribution in [0.3, 0.4) is 0 Å². The molecule has 18 heavy (non-hydrogen) atoms. The van der Waals surface area contributed by atoms with Crippen molar-refractivity contribution in [3.63, 3.8) is 0 Å². The average Bonchev–Trinajstić information content (AvgIpc) is 2.36. The van der Waals surface area contributed by atoms with E-state index in [4.69, 9.17) is 10.5 Å². The van der Waals surface area contributed by atoms with E-state index in [0.717, 1.165) is 0 Å². The lowest BCUT2D eigenvalue weighted by molar-refractivity contribution is 0.244. The van der Waals surface area contributed by atoms with Crippen molar-refractivity contribution in [3.8, 4) is 5.75 Å². The number of para-hydroxylation sites is 2. The molecule has 0 saturated heterocycles. The van der Waals surface area contributed by atoms with Crippen LogP contribution >= 0.6 is 0 Å². The first-order valence-corrected chi connectivity index (χ1v) is 5.37. The zero-order chi connectivity index (χ0) is 13.4. The van der Waals surface area contributed by atoms with Crippen LogP contribution in [-0.4, -0.2) is 32.3 Å². The normalized spacial score (nSPS) is 9.39. The molecule has 1 aromatic rings. The van der Waals surface area contributed by atoms with Gasteiger partial charge in [0, 0.05) is 7.05 Å². The number of hydrogen-bond donors (Lipinski definition) is 4. The van der Waals surface area contributed by atoms with Crippen molar-refractivity contribution in [3.05, 3.63) is 24.3 Å². The fourth-order valence-electron chi connectivity index (χ4n) is 1.22. The van der Waals surface area contributed by atoms with E-state index in [9.17, 15) is 9.59 Å². The number of carbonyl (C=O) groups is 2. The minimum Gasteiger partial charge on any atom is -0.490 e. The molecule has 0 fully saturated rings. The quantitative estimate of drug-likeness (QED) is 0.573. The predicted molar refractivity (Wildman–Crippen MR) is 67.6 cm³/mol. The maximum absolute atomic E-state index is 11.2. The first kappa shape index (κ1) is 13.6. The highest BCUT2D eigenvalue weighted by atomic mass is 16.5. The van der Waals surface area contributed by atoms with Gasteiger partial charge in [0.2, 0.25) is 0 Å². The topological polar surface area (TPSA) is 105 Å². The Morgan fingerprint density at radius 3 is 2.72 bits per heavy atom. The van der Waals surface area contributed by atoms with Crippen molar-refractivity contribution in [2.45, 2.75) is 0 Å². The monoisotopic (exact) mass is 252 g/mol. The van der Waals surface area contributed by atoms with Crippen molar-refractivity contribution in [1.29, 1.82) is 0 Å². The Bertz CT molecular complexity index is 423. The minimum atomic E-state index is -0.602. The van der Waals surface area contributed by atoms with Gasteiger partial charge >= 0.3 is 12.1 Å². The third-order valence-electron chi connectivity index (χ3n) is 2.02. The summed E-state index contributed by atoms with van der Waals surface area (Å²) in [7, 11) is 1.52. The van der Waals surface area contributed by atoms with Gasteiger partial charge in [-0.2, -0.15) is 0 Å². The highest BCUT2D eigenvalue weighted by Crippen LogP contribution is 2.23. The van der Waals surface area contributed by atoms with Crippen LogP contribution in [0.25, 0.3) is 0 Å². The van der Waals surface area contributed by atoms with Crippen molar-refractivity contribution in [1.82, 2.24) is 10.6 Å². The Morgan fingerprint density at radius 1 is 1.33 bits per heavy atom. The number of hydrogen-bond acceptors (Lipinski definition) is 3. The van der Waals surface area contributed by atoms with E-state index in [1.165, 1.54) is 7.05 Å². The molecule has 7 heteroatoms. The smallest absolute Gasteiger partial charge is 0.319 e. The number of nitrogens with two attached hydrogens (primary N) is 1. The Hall–Kier alpha value is -2.44. The number of primary amides is 1. The fraction of sp³-hybridized carbons (Fsp3) is 0.273. The van der Waals surface area contributed by atoms with Crippen molar-refractivity contribution >= 4 is 17.7 Å². The molecule has 0 atom stereocenters. The summed E-state index contributed by atoms with van der Waals surface area (Å²) in [6.45, 7) is 0.555. The van der Waals surface area contributed by atoms with Gasteiger partial charge < -0.3 is 26.4 Å². The Morgan fingerprint density at radius 2 is 2.06 bits per heavy atom. The van der Waals surface area contributed by atoms with Crippen LogP contribution in [0, 0.1) is 0 Å². The summed E-state index contributed by atoms with van der Waals surface area (Å²) in [4.78, 5) is 21.7. The molecule has 0 aromatic heterocycles. The Kier molecular flexibility index (Phi) is 5.30. The van der Waals surface area contributed by atoms with Gasteiger partial charge in [0.15, 0.2) is 0 Å². The van der Waals surface area contributed by atoms with Crippen LogP contribution in [0.5, 0.6) is 5.75 Å². The summed E-state index contributed by atoms with van der Waals surface area (Å²) >= 11 is 0. The van der Waals surface area contributed by atoms with Crippen LogP contribution in [-0.2, 0) is 0 Å². The van der Waals surface area contributed by atoms with E-state index in [0.29, 0.717) is 18.0 Å². The van der Waals surface area contributed by atoms with Crippen LogP contribution in [0.4, 0.5) is 15.3 Å². The second-order valence-corrected chi connectivity index (χ2v) is 3.34. The molecule has 0 saturated carbocycles. The standard InChI is InChI=1S/C11H16N4O3/c1-13-11(17)15-8-4-2-3-5-9(8)18-7-6-14-10(12)16/h2-5H,6-7H2,1H3,(H3,12,14,16)(H2,13,15,17). The van der Waals surface area contributed by atoms with E-state index in [1.807, 2.05) is 0 Å². The fourth-order valence-corrected chi connectivity index (χ4v) is 1.22. The second kappa shape index (κ2) is 7.00. The summed E-state index contributed by atoms with van der Waals surface area (Å²) in [6, 6.07) is 6.06. The van der Waals surface area contributed by atoms with Gasteiger partial charge in [0.25, 0.3) is 0 Å². The van der Waals surface area contributed by atoms with E-state index in [1.54, 1.807) is 24.3 Å². The highest BCUT2D eigenvalue weighted by molar-refractivity contribution is 5.90. The minimum absolute atomic E-state index is 0.259. The van der Waals surface area contributed by atoms with Crippen LogP contribution in [0.2, 0.25) is 0 Å². The van der Waals surface area contributed by atoms with Crippen LogP contribution < -0.4 is 26.4 Å². The molecule has 4 amide bonds. The summed E-state index contributed by atoms with van der Waals surface area (Å²) in [5.74, 6) is 0.521. The van der Waals surface area contributed by atoms with E-state index in [2.05, 4.69) is 16.0 Å². The number of ether oxygens (including phenoxy) is 1. The van der Waals surface area contributed by atoms with Gasteiger partial charge in [0.1, 0.15) is 12.4 Å². The maximum atomic E-state index is 11.2. The molecular formula is C11H16N4O3. The first-order valence-electron chi connectivity index (χ1n) is 5.37. The molecule has 0 heterocycles. The first-order chi connectivity index (χ1) is 8.63. The summed E-state index contributed by atoms with van der Waals surface area (Å²) in [5, 5.41) is 7.47. The molecule has 0 bridgehead atoms. The number of benzene rings is 1. The zero-order valence-electron chi connectivity index (χ0n) is 10.0. The molecule has 0 unspecified atom stereocenters. The van der Waals surface area contributed by atoms with Crippen LogP contribution in [0.15, 0.2) is 24.3 Å². The lowest BCUT2D eigenvalue weighted by Crippen LogP contribution is -2.32. The SMILES string of the molecule is CNC(=O)Nc1ccccc1OCCNC(N)=O. The molecule has 0 aliphatic carbocycles. The predicted octanol–water partition coefficient (Wildman–Crippen LogP) is 0.485. The van der Waals surface area contributed by atoms with Crippen molar-refractivity contribution in [2.24, 2.45) is 5.73 Å². The van der Waals surface area contributed by atoms with Crippen LogP contribution in [0.1, 0.15) is 0 Å². The molecule has 0 spiro atoms. The molecular weight excluding hydrogens is 236 g/mol. The zero-order valence-corrected chi connectivity index (χ0v) is 10.0. The number of amides is 4. The van der Waals surface area contributed by atoms with E-state index >= 15 is 0 Å².